The fraction of sp³-hybridized carbons (Fsp3) is 0.154. The number of carbonyl (C=O) groups excluding carboxylic acids is 1. The van der Waals surface area contributed by atoms with Gasteiger partial charge in [-0.2, -0.15) is 0 Å². The fourth-order valence-corrected chi connectivity index (χ4v) is 1.61. The van der Waals surface area contributed by atoms with Gasteiger partial charge in [0.25, 0.3) is 5.91 Å². The van der Waals surface area contributed by atoms with Crippen molar-refractivity contribution < 1.29 is 9.53 Å². The molecule has 0 radical (unpaired) electrons. The SMILES string of the molecule is CCOc1ccc(-c2cnc(N)c(C(N)=O)n2)cc1. The molecular weight excluding hydrogens is 244 g/mol. The number of hydrogen-bond donors (Lipinski definition) is 2. The second-order valence-electron chi connectivity index (χ2n) is 3.81. The van der Waals surface area contributed by atoms with E-state index in [1.54, 1.807) is 0 Å². The van der Waals surface area contributed by atoms with Gasteiger partial charge in [0, 0.05) is 5.56 Å². The summed E-state index contributed by atoms with van der Waals surface area (Å²) in [6.45, 7) is 2.52. The normalized spacial score (nSPS) is 10.2. The van der Waals surface area contributed by atoms with Crippen LogP contribution >= 0.6 is 0 Å². The summed E-state index contributed by atoms with van der Waals surface area (Å²) in [6.07, 6.45) is 1.50. The van der Waals surface area contributed by atoms with Crippen LogP contribution in [0.4, 0.5) is 5.82 Å². The van der Waals surface area contributed by atoms with Gasteiger partial charge < -0.3 is 16.2 Å². The van der Waals surface area contributed by atoms with Crippen LogP contribution in [0.1, 0.15) is 17.4 Å². The molecule has 1 aromatic heterocycles. The van der Waals surface area contributed by atoms with Crippen LogP contribution in [0, 0.1) is 0 Å². The van der Waals surface area contributed by atoms with Gasteiger partial charge >= 0.3 is 0 Å². The van der Waals surface area contributed by atoms with Gasteiger partial charge in [-0.15, -0.1) is 0 Å². The van der Waals surface area contributed by atoms with Gasteiger partial charge in [0.1, 0.15) is 5.75 Å². The molecule has 0 aliphatic carbocycles. The summed E-state index contributed by atoms with van der Waals surface area (Å²) in [6, 6.07) is 7.30. The quantitative estimate of drug-likeness (QED) is 0.858. The summed E-state index contributed by atoms with van der Waals surface area (Å²) in [5.41, 5.74) is 12.0. The average molecular weight is 258 g/mol. The highest BCUT2D eigenvalue weighted by atomic mass is 16.5. The minimum Gasteiger partial charge on any atom is -0.494 e. The molecule has 2 rings (SSSR count). The number of nitrogens with zero attached hydrogens (tertiary/aromatic N) is 2. The van der Waals surface area contributed by atoms with Gasteiger partial charge in [0.15, 0.2) is 11.5 Å². The van der Waals surface area contributed by atoms with Crippen molar-refractivity contribution in [2.75, 3.05) is 12.3 Å². The molecule has 1 aromatic carbocycles. The largest absolute Gasteiger partial charge is 0.494 e. The van der Waals surface area contributed by atoms with Crippen LogP contribution in [0.15, 0.2) is 30.5 Å². The van der Waals surface area contributed by atoms with Crippen molar-refractivity contribution in [2.45, 2.75) is 6.92 Å². The average Bonchev–Trinajstić information content (AvgIpc) is 2.40. The van der Waals surface area contributed by atoms with E-state index >= 15 is 0 Å². The zero-order valence-electron chi connectivity index (χ0n) is 10.5. The lowest BCUT2D eigenvalue weighted by atomic mass is 10.1. The molecule has 1 amide bonds. The first-order valence-electron chi connectivity index (χ1n) is 5.77. The Morgan fingerprint density at radius 2 is 2.00 bits per heavy atom. The number of primary amides is 1. The number of rotatable bonds is 4. The maximum absolute atomic E-state index is 11.2. The van der Waals surface area contributed by atoms with E-state index in [2.05, 4.69) is 9.97 Å². The molecule has 0 atom stereocenters. The first kappa shape index (κ1) is 12.8. The van der Waals surface area contributed by atoms with E-state index in [-0.39, 0.29) is 11.5 Å². The number of nitrogen functional groups attached to an aromatic ring is 1. The number of anilines is 1. The van der Waals surface area contributed by atoms with Crippen LogP contribution in [0.3, 0.4) is 0 Å². The van der Waals surface area contributed by atoms with Crippen molar-refractivity contribution in [1.29, 1.82) is 0 Å². The van der Waals surface area contributed by atoms with Gasteiger partial charge in [0.05, 0.1) is 18.5 Å². The van der Waals surface area contributed by atoms with Gasteiger partial charge in [-0.25, -0.2) is 9.97 Å². The summed E-state index contributed by atoms with van der Waals surface area (Å²) < 4.78 is 5.35. The molecule has 0 bridgehead atoms. The number of amides is 1. The third-order valence-corrected chi connectivity index (χ3v) is 2.50. The molecule has 0 aliphatic rings. The highest BCUT2D eigenvalue weighted by Gasteiger charge is 2.11. The highest BCUT2D eigenvalue weighted by molar-refractivity contribution is 5.95. The first-order valence-corrected chi connectivity index (χ1v) is 5.77. The Balaban J connectivity index is 2.36. The topological polar surface area (TPSA) is 104 Å². The zero-order chi connectivity index (χ0) is 13.8. The molecule has 0 unspecified atom stereocenters. The fourth-order valence-electron chi connectivity index (χ4n) is 1.61. The van der Waals surface area contributed by atoms with E-state index in [9.17, 15) is 4.79 Å². The van der Waals surface area contributed by atoms with Gasteiger partial charge in [-0.1, -0.05) is 0 Å². The van der Waals surface area contributed by atoms with Crippen molar-refractivity contribution in [1.82, 2.24) is 9.97 Å². The third-order valence-electron chi connectivity index (χ3n) is 2.50. The van der Waals surface area contributed by atoms with E-state index in [4.69, 9.17) is 16.2 Å². The molecule has 6 heteroatoms. The molecule has 0 saturated heterocycles. The smallest absolute Gasteiger partial charge is 0.271 e. The predicted molar refractivity (Wildman–Crippen MR) is 71.6 cm³/mol. The lowest BCUT2D eigenvalue weighted by molar-refractivity contribution is 0.0996. The number of nitrogens with two attached hydrogens (primary N) is 2. The Bertz CT molecular complexity index is 596. The Hall–Kier alpha value is -2.63. The van der Waals surface area contributed by atoms with Gasteiger partial charge in [0.2, 0.25) is 0 Å². The number of carbonyl (C=O) groups is 1. The lowest BCUT2D eigenvalue weighted by Gasteiger charge is -2.06. The molecule has 0 saturated carbocycles. The Labute approximate surface area is 110 Å². The summed E-state index contributed by atoms with van der Waals surface area (Å²) >= 11 is 0. The van der Waals surface area contributed by atoms with E-state index in [1.165, 1.54) is 6.20 Å². The van der Waals surface area contributed by atoms with Crippen molar-refractivity contribution in [3.05, 3.63) is 36.2 Å². The van der Waals surface area contributed by atoms with Gasteiger partial charge in [-0.3, -0.25) is 4.79 Å². The van der Waals surface area contributed by atoms with Crippen LogP contribution < -0.4 is 16.2 Å². The second-order valence-corrected chi connectivity index (χ2v) is 3.81. The summed E-state index contributed by atoms with van der Waals surface area (Å²) in [5, 5.41) is 0. The molecule has 6 nitrogen and oxygen atoms in total. The summed E-state index contributed by atoms with van der Waals surface area (Å²) in [4.78, 5) is 19.2. The van der Waals surface area contributed by atoms with E-state index in [0.29, 0.717) is 12.3 Å². The molecule has 19 heavy (non-hydrogen) atoms. The van der Waals surface area contributed by atoms with E-state index in [0.717, 1.165) is 11.3 Å². The van der Waals surface area contributed by atoms with Crippen molar-refractivity contribution in [3.8, 4) is 17.0 Å². The number of ether oxygens (including phenoxy) is 1. The molecule has 2 aromatic rings. The molecule has 98 valence electrons. The second kappa shape index (κ2) is 5.34. The number of benzene rings is 1. The van der Waals surface area contributed by atoms with E-state index in [1.807, 2.05) is 31.2 Å². The predicted octanol–water partition coefficient (Wildman–Crippen LogP) is 1.22. The Morgan fingerprint density at radius 3 is 2.58 bits per heavy atom. The molecule has 0 spiro atoms. The molecule has 0 aliphatic heterocycles. The number of hydrogen-bond acceptors (Lipinski definition) is 5. The van der Waals surface area contributed by atoms with Crippen molar-refractivity contribution in [3.63, 3.8) is 0 Å². The van der Waals surface area contributed by atoms with Crippen LogP contribution in [-0.2, 0) is 0 Å². The van der Waals surface area contributed by atoms with Crippen LogP contribution in [0.5, 0.6) is 5.75 Å². The minimum absolute atomic E-state index is 0.0219. The molecular formula is C13H14N4O2. The third kappa shape index (κ3) is 2.79. The maximum atomic E-state index is 11.2. The van der Waals surface area contributed by atoms with Crippen LogP contribution in [0.2, 0.25) is 0 Å². The Kier molecular flexibility index (Phi) is 3.61. The first-order chi connectivity index (χ1) is 9.11. The lowest BCUT2D eigenvalue weighted by Crippen LogP contribution is -2.17. The Morgan fingerprint density at radius 1 is 1.32 bits per heavy atom. The van der Waals surface area contributed by atoms with Crippen LogP contribution in [0.25, 0.3) is 11.3 Å². The summed E-state index contributed by atoms with van der Waals surface area (Å²) in [7, 11) is 0. The van der Waals surface area contributed by atoms with Crippen LogP contribution in [-0.4, -0.2) is 22.5 Å². The van der Waals surface area contributed by atoms with Gasteiger partial charge in [-0.05, 0) is 31.2 Å². The zero-order valence-corrected chi connectivity index (χ0v) is 10.5. The molecule has 0 fully saturated rings. The standard InChI is InChI=1S/C13H14N4O2/c1-2-19-9-5-3-8(4-6-9)10-7-16-12(14)11(17-10)13(15)18/h3-7H,2H2,1H3,(H2,14,16)(H2,15,18). The number of aromatic nitrogens is 2. The van der Waals surface area contributed by atoms with Crippen molar-refractivity contribution in [2.24, 2.45) is 5.73 Å². The highest BCUT2D eigenvalue weighted by Crippen LogP contribution is 2.21. The van der Waals surface area contributed by atoms with Crippen molar-refractivity contribution >= 4 is 11.7 Å². The monoisotopic (exact) mass is 258 g/mol. The summed E-state index contributed by atoms with van der Waals surface area (Å²) in [5.74, 6) is 0.102. The molecule has 1 heterocycles. The maximum Gasteiger partial charge on any atom is 0.271 e. The molecule has 4 N–H and O–H groups in total. The minimum atomic E-state index is -0.696. The van der Waals surface area contributed by atoms with E-state index < -0.39 is 5.91 Å².